The summed E-state index contributed by atoms with van der Waals surface area (Å²) >= 11 is 0. The first kappa shape index (κ1) is 11.3. The molecule has 1 heterocycles. The maximum absolute atomic E-state index is 8.80. The second-order valence-electron chi connectivity index (χ2n) is 3.47. The van der Waals surface area contributed by atoms with Crippen LogP contribution < -0.4 is 5.32 Å². The van der Waals surface area contributed by atoms with Crippen LogP contribution in [-0.2, 0) is 6.54 Å². The van der Waals surface area contributed by atoms with Crippen LogP contribution in [0.5, 0.6) is 0 Å². The molecule has 0 radical (unpaired) electrons. The fraction of sp³-hybridized carbons (Fsp3) is 0.250. The molecule has 86 valence electrons. The standard InChI is InChI=1S/C12H12N4O/c1-2-14-8-11-15-16-12(17-11)10-5-3-4-9(6-10)7-13/h3-6,14H,2,8H2,1H3. The van der Waals surface area contributed by atoms with Gasteiger partial charge in [0.25, 0.3) is 0 Å². The molecule has 1 N–H and O–H groups in total. The van der Waals surface area contributed by atoms with E-state index in [-0.39, 0.29) is 0 Å². The number of nitriles is 1. The highest BCUT2D eigenvalue weighted by Crippen LogP contribution is 2.18. The molecule has 0 saturated heterocycles. The van der Waals surface area contributed by atoms with Crippen molar-refractivity contribution in [1.82, 2.24) is 15.5 Å². The summed E-state index contributed by atoms with van der Waals surface area (Å²) < 4.78 is 5.48. The van der Waals surface area contributed by atoms with Crippen molar-refractivity contribution in [2.45, 2.75) is 13.5 Å². The van der Waals surface area contributed by atoms with E-state index in [0.29, 0.717) is 23.9 Å². The Bertz CT molecular complexity index is 541. The van der Waals surface area contributed by atoms with Crippen LogP contribution in [0.15, 0.2) is 28.7 Å². The predicted octanol–water partition coefficient (Wildman–Crippen LogP) is 1.72. The van der Waals surface area contributed by atoms with Gasteiger partial charge in [-0.25, -0.2) is 0 Å². The third kappa shape index (κ3) is 2.68. The number of nitrogens with zero attached hydrogens (tertiary/aromatic N) is 3. The topological polar surface area (TPSA) is 74.7 Å². The van der Waals surface area contributed by atoms with E-state index < -0.39 is 0 Å². The van der Waals surface area contributed by atoms with Gasteiger partial charge in [-0.05, 0) is 24.7 Å². The molecule has 2 rings (SSSR count). The smallest absolute Gasteiger partial charge is 0.247 e. The van der Waals surface area contributed by atoms with Crippen LogP contribution in [0.3, 0.4) is 0 Å². The molecule has 0 spiro atoms. The summed E-state index contributed by atoms with van der Waals surface area (Å²) in [6.45, 7) is 3.41. The summed E-state index contributed by atoms with van der Waals surface area (Å²) in [5.74, 6) is 0.985. The Balaban J connectivity index is 2.21. The molecule has 0 aliphatic heterocycles. The molecule has 5 heteroatoms. The second kappa shape index (κ2) is 5.23. The van der Waals surface area contributed by atoms with Gasteiger partial charge in [-0.15, -0.1) is 10.2 Å². The monoisotopic (exact) mass is 228 g/mol. The van der Waals surface area contributed by atoms with Crippen LogP contribution in [0.1, 0.15) is 18.4 Å². The van der Waals surface area contributed by atoms with Crippen LogP contribution in [0.2, 0.25) is 0 Å². The molecule has 0 fully saturated rings. The molecule has 5 nitrogen and oxygen atoms in total. The van der Waals surface area contributed by atoms with Crippen molar-refractivity contribution in [3.63, 3.8) is 0 Å². The number of rotatable bonds is 4. The first-order chi connectivity index (χ1) is 8.33. The SMILES string of the molecule is CCNCc1nnc(-c2cccc(C#N)c2)o1. The minimum atomic E-state index is 0.440. The maximum atomic E-state index is 8.80. The zero-order valence-electron chi connectivity index (χ0n) is 9.47. The molecule has 0 amide bonds. The molecule has 0 atom stereocenters. The number of hydrogen-bond acceptors (Lipinski definition) is 5. The van der Waals surface area contributed by atoms with Gasteiger partial charge in [0.1, 0.15) is 0 Å². The van der Waals surface area contributed by atoms with E-state index in [0.717, 1.165) is 12.1 Å². The summed E-state index contributed by atoms with van der Waals surface area (Å²) in [6, 6.07) is 9.17. The Labute approximate surface area is 99.1 Å². The zero-order valence-corrected chi connectivity index (χ0v) is 9.47. The molecular weight excluding hydrogens is 216 g/mol. The number of hydrogen-bond donors (Lipinski definition) is 1. The van der Waals surface area contributed by atoms with E-state index in [1.165, 1.54) is 0 Å². The lowest BCUT2D eigenvalue weighted by molar-refractivity contribution is 0.482. The van der Waals surface area contributed by atoms with E-state index in [4.69, 9.17) is 9.68 Å². The van der Waals surface area contributed by atoms with Crippen LogP contribution >= 0.6 is 0 Å². The normalized spacial score (nSPS) is 10.1. The lowest BCUT2D eigenvalue weighted by atomic mass is 10.1. The molecule has 2 aromatic rings. The molecule has 0 saturated carbocycles. The molecule has 1 aromatic heterocycles. The number of aromatic nitrogens is 2. The highest BCUT2D eigenvalue weighted by atomic mass is 16.4. The van der Waals surface area contributed by atoms with Gasteiger partial charge in [0.15, 0.2) is 0 Å². The summed E-state index contributed by atoms with van der Waals surface area (Å²) in [5, 5.41) is 19.8. The quantitative estimate of drug-likeness (QED) is 0.862. The first-order valence-electron chi connectivity index (χ1n) is 5.37. The second-order valence-corrected chi connectivity index (χ2v) is 3.47. The van der Waals surface area contributed by atoms with Gasteiger partial charge in [0.2, 0.25) is 11.8 Å². The van der Waals surface area contributed by atoms with Gasteiger partial charge in [-0.3, -0.25) is 0 Å². The summed E-state index contributed by atoms with van der Waals surface area (Å²) in [4.78, 5) is 0. The lowest BCUT2D eigenvalue weighted by Crippen LogP contribution is -2.11. The Hall–Kier alpha value is -2.19. The van der Waals surface area contributed by atoms with E-state index in [1.54, 1.807) is 18.2 Å². The third-order valence-corrected chi connectivity index (χ3v) is 2.23. The molecule has 0 aliphatic rings. The van der Waals surface area contributed by atoms with Crippen molar-refractivity contribution in [3.05, 3.63) is 35.7 Å². The summed E-state index contributed by atoms with van der Waals surface area (Å²) in [7, 11) is 0. The average molecular weight is 228 g/mol. The van der Waals surface area contributed by atoms with Crippen molar-refractivity contribution in [3.8, 4) is 17.5 Å². The summed E-state index contributed by atoms with van der Waals surface area (Å²) in [5.41, 5.74) is 1.34. The molecule has 1 aromatic carbocycles. The predicted molar refractivity (Wildman–Crippen MR) is 61.8 cm³/mol. The number of benzene rings is 1. The van der Waals surface area contributed by atoms with Gasteiger partial charge in [0, 0.05) is 5.56 Å². The van der Waals surface area contributed by atoms with Crippen molar-refractivity contribution in [1.29, 1.82) is 5.26 Å². The highest BCUT2D eigenvalue weighted by Gasteiger charge is 2.08. The minimum Gasteiger partial charge on any atom is -0.419 e. The van der Waals surface area contributed by atoms with E-state index in [2.05, 4.69) is 21.6 Å². The Morgan fingerprint density at radius 1 is 1.41 bits per heavy atom. The van der Waals surface area contributed by atoms with Gasteiger partial charge in [0.05, 0.1) is 18.2 Å². The van der Waals surface area contributed by atoms with E-state index in [1.807, 2.05) is 13.0 Å². The van der Waals surface area contributed by atoms with Crippen molar-refractivity contribution >= 4 is 0 Å². The maximum Gasteiger partial charge on any atom is 0.247 e. The molecule has 0 bridgehead atoms. The molecular formula is C12H12N4O. The molecule has 0 aliphatic carbocycles. The third-order valence-electron chi connectivity index (χ3n) is 2.23. The van der Waals surface area contributed by atoms with Gasteiger partial charge < -0.3 is 9.73 Å². The van der Waals surface area contributed by atoms with E-state index >= 15 is 0 Å². The van der Waals surface area contributed by atoms with E-state index in [9.17, 15) is 0 Å². The fourth-order valence-electron chi connectivity index (χ4n) is 1.40. The van der Waals surface area contributed by atoms with Gasteiger partial charge in [-0.1, -0.05) is 13.0 Å². The van der Waals surface area contributed by atoms with Crippen LogP contribution in [0, 0.1) is 11.3 Å². The lowest BCUT2D eigenvalue weighted by Gasteiger charge is -1.95. The van der Waals surface area contributed by atoms with Gasteiger partial charge in [-0.2, -0.15) is 5.26 Å². The molecule has 0 unspecified atom stereocenters. The van der Waals surface area contributed by atoms with Crippen LogP contribution in [0.4, 0.5) is 0 Å². The highest BCUT2D eigenvalue weighted by molar-refractivity contribution is 5.55. The van der Waals surface area contributed by atoms with Crippen molar-refractivity contribution in [2.24, 2.45) is 0 Å². The fourth-order valence-corrected chi connectivity index (χ4v) is 1.40. The Morgan fingerprint density at radius 2 is 2.29 bits per heavy atom. The summed E-state index contributed by atoms with van der Waals surface area (Å²) in [6.07, 6.45) is 0. The van der Waals surface area contributed by atoms with Crippen LogP contribution in [-0.4, -0.2) is 16.7 Å². The first-order valence-corrected chi connectivity index (χ1v) is 5.37. The van der Waals surface area contributed by atoms with Gasteiger partial charge >= 0.3 is 0 Å². The largest absolute Gasteiger partial charge is 0.419 e. The zero-order chi connectivity index (χ0) is 12.1. The average Bonchev–Trinajstić information content (AvgIpc) is 2.85. The van der Waals surface area contributed by atoms with Crippen molar-refractivity contribution in [2.75, 3.05) is 6.54 Å². The minimum absolute atomic E-state index is 0.440. The molecule has 17 heavy (non-hydrogen) atoms. The Morgan fingerprint density at radius 3 is 3.06 bits per heavy atom. The Kier molecular flexibility index (Phi) is 3.48. The number of nitrogens with one attached hydrogen (secondary N) is 1. The van der Waals surface area contributed by atoms with Crippen molar-refractivity contribution < 1.29 is 4.42 Å². The van der Waals surface area contributed by atoms with Crippen LogP contribution in [0.25, 0.3) is 11.5 Å².